The van der Waals surface area contributed by atoms with E-state index in [9.17, 15) is 0 Å². The molecule has 0 saturated carbocycles. The molecule has 2 aromatic rings. The largest absolute Gasteiger partial charge is 0.256 e. The molecular formula is C9H6IN3. The molecule has 2 aromatic heterocycles. The quantitative estimate of drug-likeness (QED) is 0.594. The number of nitrogens with zero attached hydrogens (tertiary/aromatic N) is 3. The van der Waals surface area contributed by atoms with E-state index >= 15 is 0 Å². The fourth-order valence-electron chi connectivity index (χ4n) is 1.01. The molecule has 0 spiro atoms. The van der Waals surface area contributed by atoms with Gasteiger partial charge in [-0.25, -0.2) is 9.97 Å². The topological polar surface area (TPSA) is 38.7 Å². The number of hydrogen-bond acceptors (Lipinski definition) is 3. The highest BCUT2D eigenvalue weighted by Crippen LogP contribution is 2.19. The Morgan fingerprint density at radius 2 is 2.08 bits per heavy atom. The highest BCUT2D eigenvalue weighted by Gasteiger charge is 2.03. The van der Waals surface area contributed by atoms with Crippen LogP contribution in [0.5, 0.6) is 0 Å². The first-order chi connectivity index (χ1) is 6.38. The standard InChI is InChI=1S/C9H6IN3/c10-9-7(5-11-6-13-9)8-3-1-2-4-12-8/h1-6H. The van der Waals surface area contributed by atoms with Crippen LogP contribution in [0.2, 0.25) is 0 Å². The van der Waals surface area contributed by atoms with E-state index in [0.29, 0.717) is 0 Å². The zero-order valence-corrected chi connectivity index (χ0v) is 8.84. The number of hydrogen-bond donors (Lipinski definition) is 0. The molecule has 0 amide bonds. The fourth-order valence-corrected chi connectivity index (χ4v) is 1.55. The molecule has 2 rings (SSSR count). The summed E-state index contributed by atoms with van der Waals surface area (Å²) in [6.45, 7) is 0. The highest BCUT2D eigenvalue weighted by molar-refractivity contribution is 14.1. The summed E-state index contributed by atoms with van der Waals surface area (Å²) in [6.07, 6.45) is 5.07. The lowest BCUT2D eigenvalue weighted by Gasteiger charge is -2.00. The van der Waals surface area contributed by atoms with Crippen molar-refractivity contribution in [3.63, 3.8) is 0 Å². The molecule has 0 unspecified atom stereocenters. The van der Waals surface area contributed by atoms with Gasteiger partial charge in [0.2, 0.25) is 0 Å². The maximum Gasteiger partial charge on any atom is 0.116 e. The van der Waals surface area contributed by atoms with E-state index in [-0.39, 0.29) is 0 Å². The van der Waals surface area contributed by atoms with Crippen LogP contribution in [0.3, 0.4) is 0 Å². The molecule has 3 nitrogen and oxygen atoms in total. The van der Waals surface area contributed by atoms with E-state index in [2.05, 4.69) is 37.5 Å². The Kier molecular flexibility index (Phi) is 2.49. The molecule has 64 valence electrons. The minimum Gasteiger partial charge on any atom is -0.256 e. The molecular weight excluding hydrogens is 277 g/mol. The highest BCUT2D eigenvalue weighted by atomic mass is 127. The Balaban J connectivity index is 2.54. The molecule has 0 radical (unpaired) electrons. The van der Waals surface area contributed by atoms with Crippen LogP contribution in [0.15, 0.2) is 36.9 Å². The third-order valence-electron chi connectivity index (χ3n) is 1.60. The van der Waals surface area contributed by atoms with Crippen molar-refractivity contribution < 1.29 is 0 Å². The minimum absolute atomic E-state index is 0.910. The summed E-state index contributed by atoms with van der Waals surface area (Å²) in [5, 5.41) is 0. The van der Waals surface area contributed by atoms with Gasteiger partial charge in [-0.15, -0.1) is 0 Å². The van der Waals surface area contributed by atoms with Gasteiger partial charge in [0.15, 0.2) is 0 Å². The Morgan fingerprint density at radius 1 is 1.15 bits per heavy atom. The van der Waals surface area contributed by atoms with E-state index < -0.39 is 0 Å². The van der Waals surface area contributed by atoms with E-state index in [1.54, 1.807) is 12.4 Å². The zero-order valence-electron chi connectivity index (χ0n) is 6.68. The Bertz CT molecular complexity index is 403. The Hall–Kier alpha value is -1.04. The van der Waals surface area contributed by atoms with Gasteiger partial charge in [-0.1, -0.05) is 6.07 Å². The van der Waals surface area contributed by atoms with Crippen LogP contribution in [0.1, 0.15) is 0 Å². The third-order valence-corrected chi connectivity index (χ3v) is 2.46. The third kappa shape index (κ3) is 1.82. The van der Waals surface area contributed by atoms with Crippen molar-refractivity contribution in [3.05, 3.63) is 40.6 Å². The predicted octanol–water partition coefficient (Wildman–Crippen LogP) is 2.14. The molecule has 0 atom stereocenters. The Morgan fingerprint density at radius 3 is 2.77 bits per heavy atom. The summed E-state index contributed by atoms with van der Waals surface area (Å²) in [4.78, 5) is 12.3. The molecule has 0 bridgehead atoms. The van der Waals surface area contributed by atoms with Crippen LogP contribution in [-0.4, -0.2) is 15.0 Å². The predicted molar refractivity (Wildman–Crippen MR) is 58.0 cm³/mol. The van der Waals surface area contributed by atoms with Gasteiger partial charge in [0, 0.05) is 12.4 Å². The average Bonchev–Trinajstić information content (AvgIpc) is 2.20. The van der Waals surface area contributed by atoms with Crippen molar-refractivity contribution in [3.8, 4) is 11.3 Å². The monoisotopic (exact) mass is 283 g/mol. The normalized spacial score (nSPS) is 9.92. The van der Waals surface area contributed by atoms with Crippen molar-refractivity contribution >= 4 is 22.6 Å². The minimum atomic E-state index is 0.910. The van der Waals surface area contributed by atoms with Crippen LogP contribution in [0, 0.1) is 3.70 Å². The second-order valence-corrected chi connectivity index (χ2v) is 3.46. The molecule has 0 saturated heterocycles. The molecule has 13 heavy (non-hydrogen) atoms. The Labute approximate surface area is 89.4 Å². The maximum absolute atomic E-state index is 4.23. The van der Waals surface area contributed by atoms with Crippen molar-refractivity contribution in [1.29, 1.82) is 0 Å². The van der Waals surface area contributed by atoms with Crippen LogP contribution in [0.25, 0.3) is 11.3 Å². The summed E-state index contributed by atoms with van der Waals surface area (Å²) in [5.74, 6) is 0. The van der Waals surface area contributed by atoms with Crippen LogP contribution < -0.4 is 0 Å². The van der Waals surface area contributed by atoms with Gasteiger partial charge in [0.1, 0.15) is 10.0 Å². The van der Waals surface area contributed by atoms with E-state index in [1.807, 2.05) is 18.2 Å². The van der Waals surface area contributed by atoms with Crippen LogP contribution in [-0.2, 0) is 0 Å². The molecule has 4 heteroatoms. The van der Waals surface area contributed by atoms with Crippen LogP contribution in [0.4, 0.5) is 0 Å². The first kappa shape index (κ1) is 8.55. The van der Waals surface area contributed by atoms with Gasteiger partial charge in [0.05, 0.1) is 11.3 Å². The maximum atomic E-state index is 4.23. The first-order valence-electron chi connectivity index (χ1n) is 3.75. The van der Waals surface area contributed by atoms with Gasteiger partial charge in [-0.3, -0.25) is 4.98 Å². The van der Waals surface area contributed by atoms with E-state index in [4.69, 9.17) is 0 Å². The van der Waals surface area contributed by atoms with Gasteiger partial charge in [0.25, 0.3) is 0 Å². The van der Waals surface area contributed by atoms with Crippen molar-refractivity contribution in [1.82, 2.24) is 15.0 Å². The van der Waals surface area contributed by atoms with Gasteiger partial charge < -0.3 is 0 Å². The molecule has 0 fully saturated rings. The van der Waals surface area contributed by atoms with E-state index in [0.717, 1.165) is 15.0 Å². The lowest BCUT2D eigenvalue weighted by molar-refractivity contribution is 1.13. The molecule has 0 aliphatic rings. The second kappa shape index (κ2) is 3.78. The SMILES string of the molecule is Ic1ncncc1-c1ccccn1. The number of aromatic nitrogens is 3. The number of halogens is 1. The number of rotatable bonds is 1. The molecule has 0 aliphatic heterocycles. The summed E-state index contributed by atoms with van der Waals surface area (Å²) >= 11 is 2.17. The van der Waals surface area contributed by atoms with Crippen molar-refractivity contribution in [2.75, 3.05) is 0 Å². The zero-order chi connectivity index (χ0) is 9.10. The van der Waals surface area contributed by atoms with Crippen LogP contribution >= 0.6 is 22.6 Å². The average molecular weight is 283 g/mol. The van der Waals surface area contributed by atoms with Gasteiger partial charge >= 0.3 is 0 Å². The second-order valence-electron chi connectivity index (χ2n) is 2.44. The number of pyridine rings is 1. The molecule has 0 aliphatic carbocycles. The van der Waals surface area contributed by atoms with Crippen molar-refractivity contribution in [2.24, 2.45) is 0 Å². The fraction of sp³-hybridized carbons (Fsp3) is 0. The summed E-state index contributed by atoms with van der Waals surface area (Å²) < 4.78 is 0.923. The van der Waals surface area contributed by atoms with E-state index in [1.165, 1.54) is 6.33 Å². The lowest BCUT2D eigenvalue weighted by Crippen LogP contribution is -1.90. The van der Waals surface area contributed by atoms with Gasteiger partial charge in [-0.2, -0.15) is 0 Å². The molecule has 2 heterocycles. The summed E-state index contributed by atoms with van der Waals surface area (Å²) in [5.41, 5.74) is 1.89. The van der Waals surface area contributed by atoms with Crippen molar-refractivity contribution in [2.45, 2.75) is 0 Å². The smallest absolute Gasteiger partial charge is 0.116 e. The molecule has 0 aromatic carbocycles. The summed E-state index contributed by atoms with van der Waals surface area (Å²) in [6, 6.07) is 5.78. The van der Waals surface area contributed by atoms with Gasteiger partial charge in [-0.05, 0) is 34.7 Å². The molecule has 0 N–H and O–H groups in total. The summed E-state index contributed by atoms with van der Waals surface area (Å²) in [7, 11) is 0. The first-order valence-corrected chi connectivity index (χ1v) is 4.83. The lowest BCUT2D eigenvalue weighted by atomic mass is 10.2.